The Morgan fingerprint density at radius 3 is 2.89 bits per heavy atom. The first kappa shape index (κ1) is 13.1. The number of carboxylic acid groups (broad SMARTS) is 1. The van der Waals surface area contributed by atoms with Crippen LogP contribution in [0.25, 0.3) is 0 Å². The van der Waals surface area contributed by atoms with Crippen LogP contribution in [0.1, 0.15) is 55.1 Å². The highest BCUT2D eigenvalue weighted by Crippen LogP contribution is 2.26. The van der Waals surface area contributed by atoms with Gasteiger partial charge in [0.05, 0.1) is 5.56 Å². The minimum atomic E-state index is -0.863. The van der Waals surface area contributed by atoms with E-state index in [-0.39, 0.29) is 0 Å². The van der Waals surface area contributed by atoms with Gasteiger partial charge in [0.15, 0.2) is 0 Å². The van der Waals surface area contributed by atoms with Gasteiger partial charge in [-0.3, -0.25) is 0 Å². The SMILES string of the molecule is C[C@@H](NCc1[nH]ccc1C(=O)O)C1CCCCC1. The molecule has 0 amide bonds. The molecule has 0 spiro atoms. The average molecular weight is 250 g/mol. The fourth-order valence-corrected chi connectivity index (χ4v) is 2.81. The predicted molar refractivity (Wildman–Crippen MR) is 70.6 cm³/mol. The molecule has 0 aromatic carbocycles. The highest BCUT2D eigenvalue weighted by molar-refractivity contribution is 5.88. The van der Waals surface area contributed by atoms with E-state index in [1.807, 2.05) is 0 Å². The van der Waals surface area contributed by atoms with E-state index >= 15 is 0 Å². The molecule has 4 heteroatoms. The Labute approximate surface area is 108 Å². The van der Waals surface area contributed by atoms with Gasteiger partial charge in [-0.05, 0) is 31.7 Å². The van der Waals surface area contributed by atoms with Gasteiger partial charge in [-0.15, -0.1) is 0 Å². The van der Waals surface area contributed by atoms with Crippen LogP contribution in [-0.2, 0) is 6.54 Å². The van der Waals surface area contributed by atoms with E-state index in [9.17, 15) is 4.79 Å². The number of rotatable bonds is 5. The van der Waals surface area contributed by atoms with Crippen LogP contribution in [-0.4, -0.2) is 22.1 Å². The second-order valence-electron chi connectivity index (χ2n) is 5.24. The summed E-state index contributed by atoms with van der Waals surface area (Å²) in [7, 11) is 0. The Hall–Kier alpha value is -1.29. The summed E-state index contributed by atoms with van der Waals surface area (Å²) < 4.78 is 0. The lowest BCUT2D eigenvalue weighted by molar-refractivity contribution is 0.0695. The quantitative estimate of drug-likeness (QED) is 0.753. The summed E-state index contributed by atoms with van der Waals surface area (Å²) in [6.07, 6.45) is 8.31. The van der Waals surface area contributed by atoms with Gasteiger partial charge in [0.1, 0.15) is 0 Å². The van der Waals surface area contributed by atoms with E-state index in [1.54, 1.807) is 12.3 Å². The van der Waals surface area contributed by atoms with Crippen LogP contribution >= 0.6 is 0 Å². The zero-order chi connectivity index (χ0) is 13.0. The molecule has 18 heavy (non-hydrogen) atoms. The van der Waals surface area contributed by atoms with Crippen LogP contribution in [0.3, 0.4) is 0 Å². The first-order valence-electron chi connectivity index (χ1n) is 6.81. The second kappa shape index (κ2) is 6.05. The molecular weight excluding hydrogens is 228 g/mol. The topological polar surface area (TPSA) is 65.1 Å². The largest absolute Gasteiger partial charge is 0.478 e. The maximum Gasteiger partial charge on any atom is 0.337 e. The molecule has 1 aliphatic rings. The van der Waals surface area contributed by atoms with Gasteiger partial charge in [-0.25, -0.2) is 4.79 Å². The number of nitrogens with one attached hydrogen (secondary N) is 2. The lowest BCUT2D eigenvalue weighted by Gasteiger charge is -2.28. The molecule has 0 aliphatic heterocycles. The fourth-order valence-electron chi connectivity index (χ4n) is 2.81. The molecule has 100 valence electrons. The summed E-state index contributed by atoms with van der Waals surface area (Å²) in [4.78, 5) is 14.0. The van der Waals surface area contributed by atoms with Crippen LogP contribution in [0.5, 0.6) is 0 Å². The highest BCUT2D eigenvalue weighted by atomic mass is 16.4. The van der Waals surface area contributed by atoms with Crippen LogP contribution in [0.15, 0.2) is 12.3 Å². The Morgan fingerprint density at radius 1 is 1.50 bits per heavy atom. The normalized spacial score (nSPS) is 18.7. The van der Waals surface area contributed by atoms with E-state index < -0.39 is 5.97 Å². The van der Waals surface area contributed by atoms with Crippen molar-refractivity contribution in [3.63, 3.8) is 0 Å². The van der Waals surface area contributed by atoms with Crippen LogP contribution in [0, 0.1) is 5.92 Å². The van der Waals surface area contributed by atoms with Gasteiger partial charge in [-0.2, -0.15) is 0 Å². The molecule has 1 heterocycles. The molecule has 1 fully saturated rings. The standard InChI is InChI=1S/C14H22N2O2/c1-10(11-5-3-2-4-6-11)16-9-13-12(14(17)18)7-8-15-13/h7-8,10-11,15-16H,2-6,9H2,1H3,(H,17,18)/t10-/m1/s1. The van der Waals surface area contributed by atoms with Crippen molar-refractivity contribution in [1.82, 2.24) is 10.3 Å². The van der Waals surface area contributed by atoms with Crippen LogP contribution in [0.2, 0.25) is 0 Å². The molecule has 0 radical (unpaired) electrons. The molecule has 1 aliphatic carbocycles. The third kappa shape index (κ3) is 3.13. The van der Waals surface area contributed by atoms with Crippen molar-refractivity contribution in [1.29, 1.82) is 0 Å². The Bertz CT molecular complexity index is 394. The summed E-state index contributed by atoms with van der Waals surface area (Å²) in [5, 5.41) is 12.5. The first-order chi connectivity index (χ1) is 8.68. The predicted octanol–water partition coefficient (Wildman–Crippen LogP) is 2.77. The molecule has 0 saturated heterocycles. The van der Waals surface area contributed by atoms with Crippen molar-refractivity contribution >= 4 is 5.97 Å². The molecule has 0 bridgehead atoms. The fraction of sp³-hybridized carbons (Fsp3) is 0.643. The van der Waals surface area contributed by atoms with Gasteiger partial charge in [-0.1, -0.05) is 19.3 Å². The Morgan fingerprint density at radius 2 is 2.22 bits per heavy atom. The van der Waals surface area contributed by atoms with Gasteiger partial charge >= 0.3 is 5.97 Å². The van der Waals surface area contributed by atoms with Crippen molar-refractivity contribution in [2.45, 2.75) is 51.6 Å². The first-order valence-corrected chi connectivity index (χ1v) is 6.81. The number of aromatic carboxylic acids is 1. The number of carboxylic acids is 1. The van der Waals surface area contributed by atoms with E-state index in [0.29, 0.717) is 18.2 Å². The minimum Gasteiger partial charge on any atom is -0.478 e. The van der Waals surface area contributed by atoms with Crippen molar-refractivity contribution in [2.75, 3.05) is 0 Å². The molecule has 2 rings (SSSR count). The number of aromatic nitrogens is 1. The second-order valence-corrected chi connectivity index (χ2v) is 5.24. The summed E-state index contributed by atoms with van der Waals surface area (Å²) in [6.45, 7) is 2.81. The number of hydrogen-bond donors (Lipinski definition) is 3. The van der Waals surface area contributed by atoms with Gasteiger partial charge in [0.2, 0.25) is 0 Å². The molecule has 1 atom stereocenters. The van der Waals surface area contributed by atoms with Crippen molar-refractivity contribution in [3.8, 4) is 0 Å². The molecule has 3 N–H and O–H groups in total. The third-order valence-corrected chi connectivity index (χ3v) is 4.02. The highest BCUT2D eigenvalue weighted by Gasteiger charge is 2.20. The summed E-state index contributed by atoms with van der Waals surface area (Å²) in [5.74, 6) is -0.125. The monoisotopic (exact) mass is 250 g/mol. The van der Waals surface area contributed by atoms with Gasteiger partial charge in [0, 0.05) is 24.5 Å². The van der Waals surface area contributed by atoms with E-state index in [0.717, 1.165) is 11.6 Å². The molecule has 1 aromatic heterocycles. The maximum absolute atomic E-state index is 11.0. The van der Waals surface area contributed by atoms with E-state index in [4.69, 9.17) is 5.11 Å². The molecular formula is C14H22N2O2. The van der Waals surface area contributed by atoms with Crippen molar-refractivity contribution in [2.24, 2.45) is 5.92 Å². The summed E-state index contributed by atoms with van der Waals surface area (Å²) in [5.41, 5.74) is 1.14. The average Bonchev–Trinajstić information content (AvgIpc) is 2.85. The Balaban J connectivity index is 1.86. The number of carbonyl (C=O) groups is 1. The van der Waals surface area contributed by atoms with Gasteiger partial charge in [0.25, 0.3) is 0 Å². The molecule has 1 saturated carbocycles. The zero-order valence-corrected chi connectivity index (χ0v) is 10.9. The van der Waals surface area contributed by atoms with E-state index in [2.05, 4.69) is 17.2 Å². The zero-order valence-electron chi connectivity index (χ0n) is 10.9. The number of hydrogen-bond acceptors (Lipinski definition) is 2. The lowest BCUT2D eigenvalue weighted by Crippen LogP contribution is -2.34. The van der Waals surface area contributed by atoms with Crippen molar-refractivity contribution < 1.29 is 9.90 Å². The molecule has 4 nitrogen and oxygen atoms in total. The number of H-pyrrole nitrogens is 1. The van der Waals surface area contributed by atoms with Crippen LogP contribution in [0.4, 0.5) is 0 Å². The summed E-state index contributed by atoms with van der Waals surface area (Å²) in [6, 6.07) is 2.07. The number of aromatic amines is 1. The molecule has 0 unspecified atom stereocenters. The molecule has 1 aromatic rings. The van der Waals surface area contributed by atoms with Gasteiger partial charge < -0.3 is 15.4 Å². The van der Waals surface area contributed by atoms with Crippen LogP contribution < -0.4 is 5.32 Å². The summed E-state index contributed by atoms with van der Waals surface area (Å²) >= 11 is 0. The lowest BCUT2D eigenvalue weighted by atomic mass is 9.84. The van der Waals surface area contributed by atoms with Crippen molar-refractivity contribution in [3.05, 3.63) is 23.5 Å². The van der Waals surface area contributed by atoms with E-state index in [1.165, 1.54) is 32.1 Å². The smallest absolute Gasteiger partial charge is 0.337 e. The minimum absolute atomic E-state index is 0.373. The maximum atomic E-state index is 11.0. The Kier molecular flexibility index (Phi) is 4.42. The third-order valence-electron chi connectivity index (χ3n) is 4.02.